The van der Waals surface area contributed by atoms with Crippen LogP contribution in [0.25, 0.3) is 10.9 Å². The van der Waals surface area contributed by atoms with Crippen LogP contribution < -0.4 is 9.47 Å². The lowest BCUT2D eigenvalue weighted by Gasteiger charge is -2.10. The maximum absolute atomic E-state index is 5.71. The van der Waals surface area contributed by atoms with Crippen molar-refractivity contribution in [3.05, 3.63) is 23.8 Å². The van der Waals surface area contributed by atoms with Crippen LogP contribution in [0.4, 0.5) is 0 Å². The minimum atomic E-state index is 0.292. The monoisotopic (exact) mass is 258 g/mol. The van der Waals surface area contributed by atoms with Crippen molar-refractivity contribution in [2.24, 2.45) is 0 Å². The van der Waals surface area contributed by atoms with E-state index in [4.69, 9.17) is 9.47 Å². The lowest BCUT2D eigenvalue weighted by Crippen LogP contribution is -2.03. The second-order valence-corrected chi connectivity index (χ2v) is 4.90. The maximum atomic E-state index is 5.71. The van der Waals surface area contributed by atoms with Crippen LogP contribution in [-0.4, -0.2) is 23.2 Å². The summed E-state index contributed by atoms with van der Waals surface area (Å²) < 4.78 is 11.1. The smallest absolute Gasteiger partial charge is 0.320 e. The Morgan fingerprint density at radius 1 is 1.26 bits per heavy atom. The molecular weight excluding hydrogens is 240 g/mol. The number of methoxy groups -OCH3 is 1. The first-order chi connectivity index (χ1) is 9.31. The lowest BCUT2D eigenvalue weighted by molar-refractivity contribution is 0.273. The fourth-order valence-corrected chi connectivity index (χ4v) is 2.18. The van der Waals surface area contributed by atoms with Crippen LogP contribution in [0.5, 0.6) is 11.9 Å². The van der Waals surface area contributed by atoms with Crippen LogP contribution in [0, 0.1) is 0 Å². The third-order valence-corrected chi connectivity index (χ3v) is 3.26. The number of aryl methyl sites for hydroxylation is 1. The number of nitrogens with zero attached hydrogens (tertiary/aromatic N) is 2. The number of fused-ring (bicyclic) bond motifs is 1. The number of hydrogen-bond donors (Lipinski definition) is 0. The fraction of sp³-hybridized carbons (Fsp3) is 0.467. The Hall–Kier alpha value is -1.84. The van der Waals surface area contributed by atoms with Gasteiger partial charge in [-0.2, -0.15) is 9.97 Å². The SMILES string of the molecule is CCCc1cccc2c(OC)nc(OC3CC3)nc12. The summed E-state index contributed by atoms with van der Waals surface area (Å²) in [5.41, 5.74) is 2.17. The number of hydrogen-bond acceptors (Lipinski definition) is 4. The molecule has 2 aromatic rings. The molecule has 4 nitrogen and oxygen atoms in total. The number of ether oxygens (including phenoxy) is 2. The molecule has 0 aliphatic heterocycles. The van der Waals surface area contributed by atoms with E-state index in [2.05, 4.69) is 23.0 Å². The molecule has 19 heavy (non-hydrogen) atoms. The molecule has 3 rings (SSSR count). The molecule has 0 atom stereocenters. The Kier molecular flexibility index (Phi) is 3.23. The molecule has 1 aromatic carbocycles. The van der Waals surface area contributed by atoms with E-state index in [1.807, 2.05) is 12.1 Å². The van der Waals surface area contributed by atoms with Crippen LogP contribution in [-0.2, 0) is 6.42 Å². The van der Waals surface area contributed by atoms with E-state index in [-0.39, 0.29) is 0 Å². The minimum Gasteiger partial charge on any atom is -0.480 e. The molecule has 0 spiro atoms. The summed E-state index contributed by atoms with van der Waals surface area (Å²) in [6.07, 6.45) is 4.58. The molecule has 1 saturated carbocycles. The third-order valence-electron chi connectivity index (χ3n) is 3.26. The molecule has 0 amide bonds. The molecule has 1 aromatic heterocycles. The van der Waals surface area contributed by atoms with Crippen molar-refractivity contribution >= 4 is 10.9 Å². The standard InChI is InChI=1S/C15H18N2O2/c1-3-5-10-6-4-7-12-13(10)16-15(17-14(12)18-2)19-11-8-9-11/h4,6-7,11H,3,5,8-9H2,1-2H3. The highest BCUT2D eigenvalue weighted by Gasteiger charge is 2.25. The molecule has 4 heteroatoms. The zero-order chi connectivity index (χ0) is 13.2. The van der Waals surface area contributed by atoms with Crippen molar-refractivity contribution in [2.45, 2.75) is 38.7 Å². The predicted octanol–water partition coefficient (Wildman–Crippen LogP) is 3.13. The van der Waals surface area contributed by atoms with E-state index in [0.29, 0.717) is 18.0 Å². The molecule has 1 aliphatic carbocycles. The first kappa shape index (κ1) is 12.2. The van der Waals surface area contributed by atoms with Crippen molar-refractivity contribution in [3.8, 4) is 11.9 Å². The summed E-state index contributed by atoms with van der Waals surface area (Å²) in [4.78, 5) is 8.91. The van der Waals surface area contributed by atoms with Gasteiger partial charge in [-0.05, 0) is 30.9 Å². The third kappa shape index (κ3) is 2.48. The van der Waals surface area contributed by atoms with Gasteiger partial charge in [0.25, 0.3) is 0 Å². The molecule has 1 fully saturated rings. The van der Waals surface area contributed by atoms with Gasteiger partial charge in [0.05, 0.1) is 18.0 Å². The van der Waals surface area contributed by atoms with E-state index in [1.54, 1.807) is 7.11 Å². The Labute approximate surface area is 112 Å². The molecule has 0 radical (unpaired) electrons. The number of rotatable bonds is 5. The molecule has 1 heterocycles. The highest BCUT2D eigenvalue weighted by Crippen LogP contribution is 2.30. The zero-order valence-corrected chi connectivity index (χ0v) is 11.3. The highest BCUT2D eigenvalue weighted by molar-refractivity contribution is 5.86. The average molecular weight is 258 g/mol. The Bertz CT molecular complexity index is 594. The van der Waals surface area contributed by atoms with Gasteiger partial charge >= 0.3 is 6.01 Å². The number of para-hydroxylation sites is 1. The minimum absolute atomic E-state index is 0.292. The van der Waals surface area contributed by atoms with Crippen molar-refractivity contribution in [1.29, 1.82) is 0 Å². The number of benzene rings is 1. The van der Waals surface area contributed by atoms with Crippen molar-refractivity contribution < 1.29 is 9.47 Å². The van der Waals surface area contributed by atoms with Gasteiger partial charge in [0.2, 0.25) is 5.88 Å². The van der Waals surface area contributed by atoms with Gasteiger partial charge in [-0.3, -0.25) is 0 Å². The van der Waals surface area contributed by atoms with Crippen molar-refractivity contribution in [3.63, 3.8) is 0 Å². The Morgan fingerprint density at radius 2 is 2.11 bits per heavy atom. The molecule has 1 aliphatic rings. The Balaban J connectivity index is 2.11. The van der Waals surface area contributed by atoms with Gasteiger partial charge in [0.15, 0.2) is 0 Å². The lowest BCUT2D eigenvalue weighted by atomic mass is 10.1. The van der Waals surface area contributed by atoms with Gasteiger partial charge in [0.1, 0.15) is 6.10 Å². The second-order valence-electron chi connectivity index (χ2n) is 4.90. The summed E-state index contributed by atoms with van der Waals surface area (Å²) in [5, 5.41) is 0.955. The summed E-state index contributed by atoms with van der Waals surface area (Å²) in [5.74, 6) is 0.596. The molecule has 0 saturated heterocycles. The van der Waals surface area contributed by atoms with Gasteiger partial charge < -0.3 is 9.47 Å². The van der Waals surface area contributed by atoms with E-state index in [0.717, 1.165) is 36.6 Å². The molecule has 100 valence electrons. The average Bonchev–Trinajstić information content (AvgIpc) is 3.23. The van der Waals surface area contributed by atoms with Crippen LogP contribution in [0.1, 0.15) is 31.7 Å². The van der Waals surface area contributed by atoms with E-state index >= 15 is 0 Å². The van der Waals surface area contributed by atoms with Crippen LogP contribution >= 0.6 is 0 Å². The van der Waals surface area contributed by atoms with Crippen LogP contribution in [0.2, 0.25) is 0 Å². The van der Waals surface area contributed by atoms with Gasteiger partial charge in [-0.25, -0.2) is 0 Å². The first-order valence-corrected chi connectivity index (χ1v) is 6.82. The normalized spacial score (nSPS) is 14.6. The van der Waals surface area contributed by atoms with Crippen molar-refractivity contribution in [1.82, 2.24) is 9.97 Å². The van der Waals surface area contributed by atoms with Crippen molar-refractivity contribution in [2.75, 3.05) is 7.11 Å². The summed E-state index contributed by atoms with van der Waals surface area (Å²) >= 11 is 0. The summed E-state index contributed by atoms with van der Waals surface area (Å²) in [6, 6.07) is 6.57. The fourth-order valence-electron chi connectivity index (χ4n) is 2.18. The molecule has 0 unspecified atom stereocenters. The largest absolute Gasteiger partial charge is 0.480 e. The molecule has 0 bridgehead atoms. The highest BCUT2D eigenvalue weighted by atomic mass is 16.5. The van der Waals surface area contributed by atoms with Crippen LogP contribution in [0.3, 0.4) is 0 Å². The van der Waals surface area contributed by atoms with Crippen LogP contribution in [0.15, 0.2) is 18.2 Å². The predicted molar refractivity (Wildman–Crippen MR) is 73.7 cm³/mol. The topological polar surface area (TPSA) is 44.2 Å². The summed E-state index contributed by atoms with van der Waals surface area (Å²) in [6.45, 7) is 2.17. The van der Waals surface area contributed by atoms with Gasteiger partial charge in [-0.1, -0.05) is 25.5 Å². The second kappa shape index (κ2) is 5.03. The molecular formula is C15H18N2O2. The first-order valence-electron chi connectivity index (χ1n) is 6.82. The quantitative estimate of drug-likeness (QED) is 0.826. The van der Waals surface area contributed by atoms with Gasteiger partial charge in [-0.15, -0.1) is 0 Å². The van der Waals surface area contributed by atoms with E-state index in [9.17, 15) is 0 Å². The Morgan fingerprint density at radius 3 is 2.79 bits per heavy atom. The van der Waals surface area contributed by atoms with E-state index in [1.165, 1.54) is 5.56 Å². The zero-order valence-electron chi connectivity index (χ0n) is 11.3. The maximum Gasteiger partial charge on any atom is 0.320 e. The molecule has 0 N–H and O–H groups in total. The van der Waals surface area contributed by atoms with E-state index < -0.39 is 0 Å². The number of aromatic nitrogens is 2. The summed E-state index contributed by atoms with van der Waals surface area (Å²) in [7, 11) is 1.63. The van der Waals surface area contributed by atoms with Gasteiger partial charge in [0, 0.05) is 0 Å².